The van der Waals surface area contributed by atoms with Crippen LogP contribution in [0.15, 0.2) is 158 Å². The monoisotopic (exact) mass is 626 g/mol. The largest absolute Gasteiger partial charge is 0.309 e. The van der Waals surface area contributed by atoms with Gasteiger partial charge in [-0.05, 0) is 59.0 Å². The first-order valence-electron chi connectivity index (χ1n) is 16.2. The van der Waals surface area contributed by atoms with Crippen molar-refractivity contribution in [3.8, 4) is 39.5 Å². The van der Waals surface area contributed by atoms with E-state index in [0.717, 1.165) is 71.9 Å². The van der Waals surface area contributed by atoms with Crippen molar-refractivity contribution in [2.75, 3.05) is 0 Å². The number of rotatable bonds is 4. The van der Waals surface area contributed by atoms with Gasteiger partial charge in [-0.1, -0.05) is 84.9 Å². The van der Waals surface area contributed by atoms with Gasteiger partial charge in [-0.2, -0.15) is 0 Å². The summed E-state index contributed by atoms with van der Waals surface area (Å²) in [5, 5.41) is 6.95. The molecule has 6 heteroatoms. The maximum atomic E-state index is 4.90. The van der Waals surface area contributed by atoms with Crippen LogP contribution in [0.25, 0.3) is 93.8 Å². The molecule has 4 heterocycles. The van der Waals surface area contributed by atoms with E-state index in [2.05, 4.69) is 124 Å². The van der Waals surface area contributed by atoms with Gasteiger partial charge in [-0.15, -0.1) is 0 Å². The summed E-state index contributed by atoms with van der Waals surface area (Å²) in [6.07, 6.45) is 8.94. The first-order chi connectivity index (χ1) is 24.3. The van der Waals surface area contributed by atoms with Crippen molar-refractivity contribution in [3.63, 3.8) is 0 Å². The standard InChI is InChI=1S/C43H26N6/c1-2-13-34-33(12-1)39-36(41-40(34)45-23-24-46-41)16-15-35-32-11-3-4-14-38(32)49(42(35)39)31-10-6-8-29(26-31)28-7-5-9-30(25-28)43-47-22-19-37(48-43)27-17-20-44-21-18-27/h1-26H. The third-order valence-corrected chi connectivity index (χ3v) is 9.43. The zero-order valence-electron chi connectivity index (χ0n) is 26.2. The molecule has 0 atom stereocenters. The van der Waals surface area contributed by atoms with Gasteiger partial charge in [-0.25, -0.2) is 9.97 Å². The van der Waals surface area contributed by atoms with Gasteiger partial charge in [0.1, 0.15) is 0 Å². The Morgan fingerprint density at radius 2 is 1.12 bits per heavy atom. The molecule has 0 spiro atoms. The highest BCUT2D eigenvalue weighted by Gasteiger charge is 2.19. The van der Waals surface area contributed by atoms with E-state index in [-0.39, 0.29) is 0 Å². The van der Waals surface area contributed by atoms with Crippen molar-refractivity contribution in [2.24, 2.45) is 0 Å². The smallest absolute Gasteiger partial charge is 0.159 e. The lowest BCUT2D eigenvalue weighted by Gasteiger charge is -2.14. The molecule has 0 bridgehead atoms. The Morgan fingerprint density at radius 3 is 1.98 bits per heavy atom. The van der Waals surface area contributed by atoms with E-state index in [9.17, 15) is 0 Å². The first kappa shape index (κ1) is 27.3. The summed E-state index contributed by atoms with van der Waals surface area (Å²) in [5.74, 6) is 0.684. The molecule has 0 aliphatic rings. The highest BCUT2D eigenvalue weighted by Crippen LogP contribution is 2.42. The van der Waals surface area contributed by atoms with Gasteiger partial charge in [0.25, 0.3) is 0 Å². The molecule has 0 saturated carbocycles. The van der Waals surface area contributed by atoms with E-state index in [4.69, 9.17) is 15.0 Å². The summed E-state index contributed by atoms with van der Waals surface area (Å²) in [5.41, 5.74) is 10.3. The number of fused-ring (bicyclic) bond motifs is 10. The van der Waals surface area contributed by atoms with Crippen LogP contribution in [0.2, 0.25) is 0 Å². The second-order valence-corrected chi connectivity index (χ2v) is 12.2. The van der Waals surface area contributed by atoms with Crippen LogP contribution in [0.3, 0.4) is 0 Å². The van der Waals surface area contributed by atoms with E-state index < -0.39 is 0 Å². The van der Waals surface area contributed by atoms with Crippen molar-refractivity contribution in [1.29, 1.82) is 0 Å². The molecule has 10 aromatic rings. The Hall–Kier alpha value is -6.79. The SMILES string of the molecule is c1cc(-c2cccc(-n3c4ccccc4c4ccc5c6nccnc6c6ccccc6c5c43)c2)cc(-c2nccc(-c3ccncc3)n2)c1. The van der Waals surface area contributed by atoms with Gasteiger partial charge in [0.2, 0.25) is 0 Å². The van der Waals surface area contributed by atoms with E-state index in [0.29, 0.717) is 5.82 Å². The highest BCUT2D eigenvalue weighted by atomic mass is 15.0. The van der Waals surface area contributed by atoms with Gasteiger partial charge in [0, 0.05) is 74.7 Å². The summed E-state index contributed by atoms with van der Waals surface area (Å²) < 4.78 is 2.41. The quantitative estimate of drug-likeness (QED) is 0.182. The summed E-state index contributed by atoms with van der Waals surface area (Å²) in [4.78, 5) is 23.3. The van der Waals surface area contributed by atoms with Gasteiger partial charge in [-0.3, -0.25) is 15.0 Å². The Labute approximate surface area is 281 Å². The van der Waals surface area contributed by atoms with Crippen LogP contribution in [0.5, 0.6) is 0 Å². The van der Waals surface area contributed by atoms with E-state index in [1.165, 1.54) is 16.2 Å². The number of nitrogens with zero attached hydrogens (tertiary/aromatic N) is 6. The number of para-hydroxylation sites is 1. The average molecular weight is 627 g/mol. The normalized spacial score (nSPS) is 11.7. The van der Waals surface area contributed by atoms with Crippen molar-refractivity contribution < 1.29 is 0 Å². The summed E-state index contributed by atoms with van der Waals surface area (Å²) >= 11 is 0. The third kappa shape index (κ3) is 4.31. The molecule has 6 aromatic carbocycles. The molecular weight excluding hydrogens is 601 g/mol. The van der Waals surface area contributed by atoms with Gasteiger partial charge in [0.15, 0.2) is 5.82 Å². The molecule has 0 amide bonds. The third-order valence-electron chi connectivity index (χ3n) is 9.43. The van der Waals surface area contributed by atoms with Crippen LogP contribution in [0.4, 0.5) is 0 Å². The summed E-state index contributed by atoms with van der Waals surface area (Å²) in [6.45, 7) is 0. The minimum Gasteiger partial charge on any atom is -0.309 e. The molecule has 0 aliphatic carbocycles. The zero-order valence-corrected chi connectivity index (χ0v) is 26.2. The fraction of sp³-hybridized carbons (Fsp3) is 0. The van der Waals surface area contributed by atoms with Gasteiger partial charge in [0.05, 0.1) is 27.8 Å². The first-order valence-corrected chi connectivity index (χ1v) is 16.2. The molecule has 6 nitrogen and oxygen atoms in total. The molecule has 0 radical (unpaired) electrons. The second-order valence-electron chi connectivity index (χ2n) is 12.2. The lowest BCUT2D eigenvalue weighted by Crippen LogP contribution is -1.96. The molecule has 4 aromatic heterocycles. The van der Waals surface area contributed by atoms with Crippen LogP contribution in [0.1, 0.15) is 0 Å². The van der Waals surface area contributed by atoms with Crippen molar-refractivity contribution in [2.45, 2.75) is 0 Å². The van der Waals surface area contributed by atoms with Gasteiger partial charge < -0.3 is 4.57 Å². The zero-order chi connectivity index (χ0) is 32.3. The Kier molecular flexibility index (Phi) is 6.08. The summed E-state index contributed by atoms with van der Waals surface area (Å²) in [6, 6.07) is 44.8. The number of hydrogen-bond donors (Lipinski definition) is 0. The van der Waals surface area contributed by atoms with E-state index in [1.54, 1.807) is 24.8 Å². The number of pyridine rings is 1. The highest BCUT2D eigenvalue weighted by molar-refractivity contribution is 6.32. The maximum Gasteiger partial charge on any atom is 0.159 e. The van der Waals surface area contributed by atoms with Crippen LogP contribution in [-0.4, -0.2) is 29.5 Å². The maximum absolute atomic E-state index is 4.90. The minimum absolute atomic E-state index is 0.684. The van der Waals surface area contributed by atoms with E-state index >= 15 is 0 Å². The molecule has 0 fully saturated rings. The van der Waals surface area contributed by atoms with E-state index in [1.807, 2.05) is 24.4 Å². The van der Waals surface area contributed by atoms with Crippen molar-refractivity contribution in [3.05, 3.63) is 158 Å². The molecule has 0 N–H and O–H groups in total. The van der Waals surface area contributed by atoms with Gasteiger partial charge >= 0.3 is 0 Å². The average Bonchev–Trinajstić information content (AvgIpc) is 3.53. The second kappa shape index (κ2) is 10.9. The van der Waals surface area contributed by atoms with Crippen LogP contribution >= 0.6 is 0 Å². The fourth-order valence-corrected chi connectivity index (χ4v) is 7.28. The molecule has 49 heavy (non-hydrogen) atoms. The molecular formula is C43H26N6. The molecule has 228 valence electrons. The molecule has 0 saturated heterocycles. The molecule has 0 aliphatic heterocycles. The van der Waals surface area contributed by atoms with Crippen LogP contribution in [0, 0.1) is 0 Å². The topological polar surface area (TPSA) is 69.4 Å². The predicted molar refractivity (Wildman–Crippen MR) is 199 cm³/mol. The van der Waals surface area contributed by atoms with Crippen LogP contribution in [-0.2, 0) is 0 Å². The fourth-order valence-electron chi connectivity index (χ4n) is 7.28. The number of hydrogen-bond acceptors (Lipinski definition) is 5. The lowest BCUT2D eigenvalue weighted by atomic mass is 9.97. The lowest BCUT2D eigenvalue weighted by molar-refractivity contribution is 1.17. The van der Waals surface area contributed by atoms with Crippen molar-refractivity contribution >= 4 is 54.4 Å². The Bertz CT molecular complexity index is 2860. The number of aromatic nitrogens is 6. The Morgan fingerprint density at radius 1 is 0.429 bits per heavy atom. The molecule has 10 rings (SSSR count). The summed E-state index contributed by atoms with van der Waals surface area (Å²) in [7, 11) is 0. The van der Waals surface area contributed by atoms with Crippen molar-refractivity contribution in [1.82, 2.24) is 29.5 Å². The number of benzene rings is 6. The minimum atomic E-state index is 0.684. The predicted octanol–water partition coefficient (Wildman–Crippen LogP) is 10.2. The molecule has 0 unspecified atom stereocenters. The Balaban J connectivity index is 1.20. The van der Waals surface area contributed by atoms with Crippen LogP contribution < -0.4 is 0 Å².